The summed E-state index contributed by atoms with van der Waals surface area (Å²) in [5, 5.41) is 13.0. The topological polar surface area (TPSA) is 94.6 Å². The molecular formula is C14H13FN2O5. The highest BCUT2D eigenvalue weighted by Crippen LogP contribution is 2.18. The molecule has 116 valence electrons. The molecule has 2 rings (SSSR count). The second-order valence-corrected chi connectivity index (χ2v) is 4.38. The van der Waals surface area contributed by atoms with E-state index in [1.165, 1.54) is 31.4 Å². The van der Waals surface area contributed by atoms with Crippen LogP contribution < -0.4 is 5.32 Å². The summed E-state index contributed by atoms with van der Waals surface area (Å²) in [5.41, 5.74) is 0.563. The fourth-order valence-corrected chi connectivity index (χ4v) is 1.86. The van der Waals surface area contributed by atoms with E-state index in [-0.39, 0.29) is 12.3 Å². The minimum atomic E-state index is -0.735. The maximum atomic E-state index is 13.2. The SMILES string of the molecule is COC(CNC(=O)c1ccc([N+](=O)[O-])o1)c1cccc(F)c1. The number of benzene rings is 1. The van der Waals surface area contributed by atoms with Crippen molar-refractivity contribution in [1.82, 2.24) is 5.32 Å². The van der Waals surface area contributed by atoms with E-state index in [1.807, 2.05) is 0 Å². The van der Waals surface area contributed by atoms with E-state index in [2.05, 4.69) is 5.32 Å². The van der Waals surface area contributed by atoms with Gasteiger partial charge in [-0.05, 0) is 23.8 Å². The molecule has 0 aliphatic carbocycles. The molecule has 2 aromatic rings. The van der Waals surface area contributed by atoms with Crippen molar-refractivity contribution in [2.75, 3.05) is 13.7 Å². The second-order valence-electron chi connectivity index (χ2n) is 4.38. The molecule has 1 amide bonds. The highest BCUT2D eigenvalue weighted by molar-refractivity contribution is 5.91. The third kappa shape index (κ3) is 3.67. The summed E-state index contributed by atoms with van der Waals surface area (Å²) in [7, 11) is 1.43. The Labute approximate surface area is 124 Å². The quantitative estimate of drug-likeness (QED) is 0.653. The zero-order valence-electron chi connectivity index (χ0n) is 11.6. The van der Waals surface area contributed by atoms with Crippen molar-refractivity contribution in [2.24, 2.45) is 0 Å². The molecule has 1 N–H and O–H groups in total. The van der Waals surface area contributed by atoms with Gasteiger partial charge in [0, 0.05) is 13.7 Å². The van der Waals surface area contributed by atoms with Gasteiger partial charge in [0.15, 0.2) is 5.76 Å². The van der Waals surface area contributed by atoms with Gasteiger partial charge in [-0.3, -0.25) is 14.9 Å². The van der Waals surface area contributed by atoms with E-state index in [0.717, 1.165) is 6.07 Å². The number of rotatable bonds is 6. The molecule has 1 atom stereocenters. The van der Waals surface area contributed by atoms with Crippen molar-refractivity contribution >= 4 is 11.8 Å². The maximum absolute atomic E-state index is 13.2. The number of nitro groups is 1. The van der Waals surface area contributed by atoms with Crippen molar-refractivity contribution < 1.29 is 23.3 Å². The molecule has 0 radical (unpaired) electrons. The molecule has 1 heterocycles. The zero-order valence-corrected chi connectivity index (χ0v) is 11.6. The van der Waals surface area contributed by atoms with Crippen LogP contribution in [0.3, 0.4) is 0 Å². The van der Waals surface area contributed by atoms with Crippen LogP contribution in [-0.4, -0.2) is 24.5 Å². The first-order valence-electron chi connectivity index (χ1n) is 6.32. The monoisotopic (exact) mass is 308 g/mol. The smallest absolute Gasteiger partial charge is 0.395 e. The van der Waals surface area contributed by atoms with Gasteiger partial charge in [0.05, 0.1) is 12.2 Å². The van der Waals surface area contributed by atoms with E-state index in [9.17, 15) is 19.3 Å². The van der Waals surface area contributed by atoms with Crippen LogP contribution in [0.4, 0.5) is 10.3 Å². The highest BCUT2D eigenvalue weighted by Gasteiger charge is 2.19. The number of carbonyl (C=O) groups excluding carboxylic acids is 1. The van der Waals surface area contributed by atoms with Gasteiger partial charge in [-0.15, -0.1) is 0 Å². The summed E-state index contributed by atoms with van der Waals surface area (Å²) < 4.78 is 23.2. The normalized spacial score (nSPS) is 11.9. The summed E-state index contributed by atoms with van der Waals surface area (Å²) in [6.07, 6.45) is -0.551. The Hall–Kier alpha value is -2.74. The standard InChI is InChI=1S/C14H13FN2O5/c1-21-12(9-3-2-4-10(15)7-9)8-16-14(18)11-5-6-13(22-11)17(19)20/h2-7,12H,8H2,1H3,(H,16,18). The van der Waals surface area contributed by atoms with Gasteiger partial charge in [-0.25, -0.2) is 4.39 Å². The number of furan rings is 1. The van der Waals surface area contributed by atoms with Crippen molar-refractivity contribution in [3.05, 3.63) is 63.7 Å². The molecule has 0 bridgehead atoms. The number of ether oxygens (including phenoxy) is 1. The van der Waals surface area contributed by atoms with Crippen LogP contribution >= 0.6 is 0 Å². The van der Waals surface area contributed by atoms with E-state index in [4.69, 9.17) is 9.15 Å². The Bertz CT molecular complexity index is 685. The molecule has 0 saturated heterocycles. The Kier molecular flexibility index (Phi) is 4.84. The summed E-state index contributed by atoms with van der Waals surface area (Å²) >= 11 is 0. The van der Waals surface area contributed by atoms with Crippen LogP contribution in [-0.2, 0) is 4.74 Å². The lowest BCUT2D eigenvalue weighted by Crippen LogP contribution is -2.28. The predicted octanol–water partition coefficient (Wildman–Crippen LogP) is 2.44. The first-order valence-corrected chi connectivity index (χ1v) is 6.32. The molecule has 22 heavy (non-hydrogen) atoms. The van der Waals surface area contributed by atoms with Crippen molar-refractivity contribution in [1.29, 1.82) is 0 Å². The minimum Gasteiger partial charge on any atom is -0.395 e. The number of methoxy groups -OCH3 is 1. The first kappa shape index (κ1) is 15.6. The Morgan fingerprint density at radius 1 is 1.45 bits per heavy atom. The summed E-state index contributed by atoms with van der Waals surface area (Å²) in [4.78, 5) is 21.6. The van der Waals surface area contributed by atoms with Crippen molar-refractivity contribution in [2.45, 2.75) is 6.10 Å². The molecule has 7 nitrogen and oxygen atoms in total. The lowest BCUT2D eigenvalue weighted by atomic mass is 10.1. The van der Waals surface area contributed by atoms with E-state index < -0.39 is 28.6 Å². The van der Waals surface area contributed by atoms with Crippen LogP contribution in [0, 0.1) is 15.9 Å². The summed E-state index contributed by atoms with van der Waals surface area (Å²) in [6.45, 7) is 0.0628. The fraction of sp³-hybridized carbons (Fsp3) is 0.214. The fourth-order valence-electron chi connectivity index (χ4n) is 1.86. The van der Waals surface area contributed by atoms with E-state index in [0.29, 0.717) is 5.56 Å². The maximum Gasteiger partial charge on any atom is 0.433 e. The molecular weight excluding hydrogens is 295 g/mol. The van der Waals surface area contributed by atoms with Crippen LogP contribution in [0.25, 0.3) is 0 Å². The van der Waals surface area contributed by atoms with E-state index in [1.54, 1.807) is 6.07 Å². The first-order chi connectivity index (χ1) is 10.5. The largest absolute Gasteiger partial charge is 0.433 e. The second kappa shape index (κ2) is 6.81. The molecule has 0 fully saturated rings. The van der Waals surface area contributed by atoms with Gasteiger partial charge in [0.2, 0.25) is 0 Å². The average Bonchev–Trinajstić information content (AvgIpc) is 2.98. The van der Waals surface area contributed by atoms with E-state index >= 15 is 0 Å². The lowest BCUT2D eigenvalue weighted by molar-refractivity contribution is -0.402. The summed E-state index contributed by atoms with van der Waals surface area (Å²) in [6, 6.07) is 8.11. The molecule has 0 spiro atoms. The van der Waals surface area contributed by atoms with Crippen LogP contribution in [0.2, 0.25) is 0 Å². The Balaban J connectivity index is 2.00. The van der Waals surface area contributed by atoms with Crippen LogP contribution in [0.15, 0.2) is 40.8 Å². The molecule has 0 aliphatic heterocycles. The lowest BCUT2D eigenvalue weighted by Gasteiger charge is -2.16. The Morgan fingerprint density at radius 3 is 2.82 bits per heavy atom. The molecule has 1 aromatic heterocycles. The minimum absolute atomic E-state index is 0.0628. The molecule has 1 aromatic carbocycles. The zero-order chi connectivity index (χ0) is 16.1. The van der Waals surface area contributed by atoms with Crippen LogP contribution in [0.1, 0.15) is 22.2 Å². The number of nitrogens with one attached hydrogen (secondary N) is 1. The predicted molar refractivity (Wildman–Crippen MR) is 73.8 cm³/mol. The molecule has 8 heteroatoms. The molecule has 0 aliphatic rings. The number of hydrogen-bond donors (Lipinski definition) is 1. The molecule has 0 saturated carbocycles. The average molecular weight is 308 g/mol. The third-order valence-electron chi connectivity index (χ3n) is 2.95. The van der Waals surface area contributed by atoms with Crippen LogP contribution in [0.5, 0.6) is 0 Å². The molecule has 1 unspecified atom stereocenters. The third-order valence-corrected chi connectivity index (χ3v) is 2.95. The van der Waals surface area contributed by atoms with Gasteiger partial charge in [-0.2, -0.15) is 0 Å². The van der Waals surface area contributed by atoms with Gasteiger partial charge in [0.1, 0.15) is 10.7 Å². The van der Waals surface area contributed by atoms with Gasteiger partial charge < -0.3 is 14.5 Å². The number of amides is 1. The van der Waals surface area contributed by atoms with Gasteiger partial charge in [0.25, 0.3) is 5.91 Å². The number of nitrogens with zero attached hydrogens (tertiary/aromatic N) is 1. The van der Waals surface area contributed by atoms with Crippen molar-refractivity contribution in [3.63, 3.8) is 0 Å². The number of carbonyl (C=O) groups is 1. The summed E-state index contributed by atoms with van der Waals surface area (Å²) in [5.74, 6) is -1.72. The van der Waals surface area contributed by atoms with Gasteiger partial charge in [-0.1, -0.05) is 12.1 Å². The number of halogens is 1. The van der Waals surface area contributed by atoms with Crippen molar-refractivity contribution in [3.8, 4) is 0 Å². The van der Waals surface area contributed by atoms with Gasteiger partial charge >= 0.3 is 5.88 Å². The highest BCUT2D eigenvalue weighted by atomic mass is 19.1. The Morgan fingerprint density at radius 2 is 2.23 bits per heavy atom. The number of hydrogen-bond acceptors (Lipinski definition) is 5.